The lowest BCUT2D eigenvalue weighted by molar-refractivity contribution is -0.163. The van der Waals surface area contributed by atoms with E-state index in [1.54, 1.807) is 0 Å². The van der Waals surface area contributed by atoms with Gasteiger partial charge < -0.3 is 20.1 Å². The van der Waals surface area contributed by atoms with Crippen molar-refractivity contribution in [2.24, 2.45) is 105 Å². The van der Waals surface area contributed by atoms with Crippen molar-refractivity contribution >= 4 is 11.9 Å². The normalized spacial score (nSPS) is 41.9. The lowest BCUT2D eigenvalue weighted by atomic mass is 9.44. The van der Waals surface area contributed by atoms with E-state index in [-0.39, 0.29) is 24.1 Å². The zero-order chi connectivity index (χ0) is 49.8. The Morgan fingerprint density at radius 1 is 0.443 bits per heavy atom. The number of esters is 2. The lowest BCUT2D eigenvalue weighted by Gasteiger charge is -2.61. The van der Waals surface area contributed by atoms with Gasteiger partial charge in [0.25, 0.3) is 0 Å². The van der Waals surface area contributed by atoms with Crippen molar-refractivity contribution in [2.75, 3.05) is 26.2 Å². The van der Waals surface area contributed by atoms with Crippen LogP contribution in [0.4, 0.5) is 0 Å². The van der Waals surface area contributed by atoms with Gasteiger partial charge in [-0.1, -0.05) is 108 Å². The average Bonchev–Trinajstić information content (AvgIpc) is 3.86. The molecule has 0 aromatic heterocycles. The number of rotatable bonds is 23. The van der Waals surface area contributed by atoms with Crippen LogP contribution in [0.25, 0.3) is 0 Å². The average molecular weight is 974 g/mol. The van der Waals surface area contributed by atoms with E-state index in [1.807, 2.05) is 0 Å². The molecule has 8 aliphatic rings. The fourth-order valence-corrected chi connectivity index (χ4v) is 20.3. The molecule has 0 radical (unpaired) electrons. The maximum absolute atomic E-state index is 13.0. The van der Waals surface area contributed by atoms with E-state index in [0.29, 0.717) is 59.4 Å². The van der Waals surface area contributed by atoms with Gasteiger partial charge in [-0.05, 0) is 246 Å². The Kier molecular flexibility index (Phi) is 18.7. The summed E-state index contributed by atoms with van der Waals surface area (Å²) in [7, 11) is 0. The van der Waals surface area contributed by atoms with E-state index in [1.165, 1.54) is 128 Å². The van der Waals surface area contributed by atoms with E-state index in [4.69, 9.17) is 9.47 Å². The Hall–Kier alpha value is -1.14. The topological polar surface area (TPSA) is 76.7 Å². The van der Waals surface area contributed by atoms with Crippen LogP contribution >= 0.6 is 0 Å². The Morgan fingerprint density at radius 2 is 0.829 bits per heavy atom. The highest BCUT2D eigenvalue weighted by Crippen LogP contribution is 2.70. The highest BCUT2D eigenvalue weighted by atomic mass is 16.5. The van der Waals surface area contributed by atoms with Gasteiger partial charge in [-0.2, -0.15) is 0 Å². The summed E-state index contributed by atoms with van der Waals surface area (Å²) in [6.07, 6.45) is 35.6. The Labute approximate surface area is 431 Å². The summed E-state index contributed by atoms with van der Waals surface area (Å²) >= 11 is 0. The van der Waals surface area contributed by atoms with Crippen molar-refractivity contribution < 1.29 is 19.1 Å². The molecule has 6 heteroatoms. The number of hydrogen-bond donors (Lipinski definition) is 2. The number of ether oxygens (including phenoxy) is 2. The predicted octanol–water partition coefficient (Wildman–Crippen LogP) is 15.8. The minimum atomic E-state index is -0.0162. The smallest absolute Gasteiger partial charge is 0.307 e. The van der Waals surface area contributed by atoms with Crippen LogP contribution in [-0.2, 0) is 19.1 Å². The molecule has 0 aromatic carbocycles. The lowest BCUT2D eigenvalue weighted by Crippen LogP contribution is -2.54. The highest BCUT2D eigenvalue weighted by Gasteiger charge is 2.62. The molecule has 8 fully saturated rings. The monoisotopic (exact) mass is 973 g/mol. The van der Waals surface area contributed by atoms with Crippen molar-refractivity contribution in [1.29, 1.82) is 0 Å². The Bertz CT molecular complexity index is 1560. The zero-order valence-corrected chi connectivity index (χ0v) is 47.5. The van der Waals surface area contributed by atoms with Crippen molar-refractivity contribution in [3.05, 3.63) is 0 Å². The van der Waals surface area contributed by atoms with Crippen LogP contribution in [0.2, 0.25) is 0 Å². The van der Waals surface area contributed by atoms with Gasteiger partial charge in [0.2, 0.25) is 0 Å². The molecular weight excluding hydrogens is 861 g/mol. The number of hydrogen-bond acceptors (Lipinski definition) is 6. The summed E-state index contributed by atoms with van der Waals surface area (Å²) in [6, 6.07) is 0. The largest absolute Gasteiger partial charge is 0.462 e. The molecule has 0 bridgehead atoms. The van der Waals surface area contributed by atoms with Gasteiger partial charge >= 0.3 is 11.9 Å². The van der Waals surface area contributed by atoms with Crippen LogP contribution in [0.1, 0.15) is 249 Å². The SMILES string of the molecule is CC(C)CCC[C@@H](C)[C@H]1CC[C@H]2[C@@H]3CC[C@H]4C[C@@H](OC(=O)CCNCCCCNCCC(=O)O[C@H]5CC[C@@]6(C)[C@@H](CC[C@@H]7[C@@H]6CC[C@]6(C)[C@@H]([C@H](C)CCCC(C)C)CC[C@@H]76)C5)CC[C@]4(C)[C@H]3CC[C@]12C. The van der Waals surface area contributed by atoms with E-state index in [0.717, 1.165) is 123 Å². The fraction of sp³-hybridized carbons (Fsp3) is 0.969. The first-order chi connectivity index (χ1) is 33.5. The molecule has 18 atom stereocenters. The summed E-state index contributed by atoms with van der Waals surface area (Å²) in [4.78, 5) is 26.1. The third kappa shape index (κ3) is 11.9. The van der Waals surface area contributed by atoms with E-state index in [9.17, 15) is 9.59 Å². The van der Waals surface area contributed by atoms with Crippen LogP contribution in [0.15, 0.2) is 0 Å². The van der Waals surface area contributed by atoms with Crippen LogP contribution < -0.4 is 10.6 Å². The molecule has 0 amide bonds. The molecule has 0 heterocycles. The molecule has 8 aliphatic carbocycles. The number of carbonyl (C=O) groups excluding carboxylic acids is 2. The second kappa shape index (κ2) is 23.8. The minimum Gasteiger partial charge on any atom is -0.462 e. The first kappa shape index (κ1) is 55.1. The first-order valence-corrected chi connectivity index (χ1v) is 31.3. The number of unbranched alkanes of at least 4 members (excludes halogenated alkanes) is 1. The quantitative estimate of drug-likeness (QED) is 0.0785. The van der Waals surface area contributed by atoms with Crippen LogP contribution in [0.5, 0.6) is 0 Å². The maximum Gasteiger partial charge on any atom is 0.307 e. The predicted molar refractivity (Wildman–Crippen MR) is 290 cm³/mol. The van der Waals surface area contributed by atoms with Crippen LogP contribution in [0, 0.1) is 105 Å². The molecule has 70 heavy (non-hydrogen) atoms. The van der Waals surface area contributed by atoms with E-state index >= 15 is 0 Å². The number of carbonyl (C=O) groups is 2. The Balaban J connectivity index is 0.651. The van der Waals surface area contributed by atoms with Gasteiger partial charge in [-0.25, -0.2) is 0 Å². The van der Waals surface area contributed by atoms with E-state index in [2.05, 4.69) is 79.9 Å². The van der Waals surface area contributed by atoms with E-state index < -0.39 is 0 Å². The van der Waals surface area contributed by atoms with Crippen molar-refractivity contribution in [3.8, 4) is 0 Å². The molecule has 0 aromatic rings. The van der Waals surface area contributed by atoms with Gasteiger partial charge in [0, 0.05) is 13.1 Å². The second-order valence-corrected chi connectivity index (χ2v) is 28.9. The fourth-order valence-electron chi connectivity index (χ4n) is 20.3. The van der Waals surface area contributed by atoms with Crippen LogP contribution in [-0.4, -0.2) is 50.3 Å². The van der Waals surface area contributed by atoms with Crippen molar-refractivity contribution in [2.45, 2.75) is 261 Å². The first-order valence-electron chi connectivity index (χ1n) is 31.3. The molecule has 8 saturated carbocycles. The standard InChI is InChI=1S/C64H112N2O4/c1-43(2)15-13-17-45(5)53-23-25-55-51-21-19-47-41-49(27-33-61(47,7)57(51)29-35-63(53,55)9)69-59(67)31-39-65-37-11-12-38-66-40-32-60(68)70-50-28-34-62(8)48(42-50)20-22-52-56-26-24-54(46(6)18-14-16-44(3)4)64(56,10)36-30-58(52)62/h43-58,65-66H,11-42H2,1-10H3/t45-,46-,47+,48+,49+,50+,51+,52+,53-,54-,55+,56+,57+,58+,61+,62+,63-,64-/m1/s1. The molecule has 6 nitrogen and oxygen atoms in total. The molecular formula is C64H112N2O4. The molecule has 0 aliphatic heterocycles. The summed E-state index contributed by atoms with van der Waals surface area (Å²) < 4.78 is 12.4. The third-order valence-electron chi connectivity index (χ3n) is 24.2. The van der Waals surface area contributed by atoms with Gasteiger partial charge in [0.05, 0.1) is 12.8 Å². The molecule has 8 rings (SSSR count). The highest BCUT2D eigenvalue weighted by molar-refractivity contribution is 5.70. The van der Waals surface area contributed by atoms with Gasteiger partial charge in [0.1, 0.15) is 12.2 Å². The summed E-state index contributed by atoms with van der Waals surface area (Å²) in [6.45, 7) is 28.6. The number of fused-ring (bicyclic) bond motifs is 10. The zero-order valence-electron chi connectivity index (χ0n) is 47.5. The Morgan fingerprint density at radius 3 is 1.23 bits per heavy atom. The maximum atomic E-state index is 13.0. The van der Waals surface area contributed by atoms with Gasteiger partial charge in [-0.3, -0.25) is 9.59 Å². The van der Waals surface area contributed by atoms with Crippen LogP contribution in [0.3, 0.4) is 0 Å². The molecule has 2 N–H and O–H groups in total. The summed E-state index contributed by atoms with van der Waals surface area (Å²) in [5.74, 6) is 12.1. The molecule has 0 saturated heterocycles. The summed E-state index contributed by atoms with van der Waals surface area (Å²) in [5.41, 5.74) is 1.96. The second-order valence-electron chi connectivity index (χ2n) is 28.9. The minimum absolute atomic E-state index is 0.0162. The van der Waals surface area contributed by atoms with Crippen molar-refractivity contribution in [3.63, 3.8) is 0 Å². The summed E-state index contributed by atoms with van der Waals surface area (Å²) in [5, 5.41) is 6.99. The third-order valence-corrected chi connectivity index (χ3v) is 24.2. The molecule has 0 spiro atoms. The van der Waals surface area contributed by atoms with Gasteiger partial charge in [-0.15, -0.1) is 0 Å². The molecule has 402 valence electrons. The van der Waals surface area contributed by atoms with Crippen molar-refractivity contribution in [1.82, 2.24) is 10.6 Å². The number of nitrogens with one attached hydrogen (secondary N) is 2. The van der Waals surface area contributed by atoms with Gasteiger partial charge in [0.15, 0.2) is 0 Å². The molecule has 0 unspecified atom stereocenters.